The van der Waals surface area contributed by atoms with Crippen molar-refractivity contribution in [2.45, 2.75) is 52.2 Å². The number of aromatic nitrogens is 2. The van der Waals surface area contributed by atoms with Gasteiger partial charge >= 0.3 is 0 Å². The molecular weight excluding hydrogens is 461 g/mol. The Bertz CT molecular complexity index is 1120. The first-order valence-electron chi connectivity index (χ1n) is 12.3. The predicted octanol–water partition coefficient (Wildman–Crippen LogP) is 4.84. The van der Waals surface area contributed by atoms with E-state index in [1.165, 1.54) is 16.0 Å². The van der Waals surface area contributed by atoms with Crippen molar-refractivity contribution in [1.82, 2.24) is 19.6 Å². The van der Waals surface area contributed by atoms with E-state index < -0.39 is 0 Å². The Morgan fingerprint density at radius 1 is 1.23 bits per heavy atom. The number of hydrogen-bond donors (Lipinski definition) is 1. The van der Waals surface area contributed by atoms with Gasteiger partial charge in [-0.1, -0.05) is 12.1 Å². The van der Waals surface area contributed by atoms with E-state index in [0.717, 1.165) is 56.1 Å². The van der Waals surface area contributed by atoms with E-state index >= 15 is 0 Å². The van der Waals surface area contributed by atoms with Crippen molar-refractivity contribution in [1.29, 1.82) is 0 Å². The minimum atomic E-state index is -0.187. The summed E-state index contributed by atoms with van der Waals surface area (Å²) < 4.78 is 15.4. The molecule has 0 aliphatic carbocycles. The number of benzene rings is 1. The van der Waals surface area contributed by atoms with E-state index in [9.17, 15) is 9.18 Å². The quantitative estimate of drug-likeness (QED) is 0.460. The van der Waals surface area contributed by atoms with E-state index in [4.69, 9.17) is 0 Å². The summed E-state index contributed by atoms with van der Waals surface area (Å²) in [5, 5.41) is 8.30. The summed E-state index contributed by atoms with van der Waals surface area (Å²) in [5.74, 6) is 0.349. The lowest BCUT2D eigenvalue weighted by Gasteiger charge is -2.40. The number of amides is 1. The van der Waals surface area contributed by atoms with Gasteiger partial charge in [0.05, 0.1) is 10.7 Å². The third kappa shape index (κ3) is 6.99. The molecule has 35 heavy (non-hydrogen) atoms. The van der Waals surface area contributed by atoms with Crippen LogP contribution in [0.2, 0.25) is 0 Å². The van der Waals surface area contributed by atoms with Crippen LogP contribution in [-0.2, 0) is 31.4 Å². The third-order valence-electron chi connectivity index (χ3n) is 6.98. The molecule has 6 nitrogen and oxygen atoms in total. The average Bonchev–Trinajstić information content (AvgIpc) is 3.38. The Morgan fingerprint density at radius 3 is 2.57 bits per heavy atom. The standard InChI is InChI=1S/C27H36FN5OS/c1-19-23(17-32(4)30-19)16-31(3)26(15-21-5-7-24(28)8-6-21)22-11-13-33(14-12-22)18-25-9-10-27(35-25)29-20(2)34/h5-10,17,22,26H,11-16,18H2,1-4H3,(H,29,34). The van der Waals surface area contributed by atoms with Crippen LogP contribution in [0.4, 0.5) is 9.39 Å². The Kier molecular flexibility index (Phi) is 8.36. The van der Waals surface area contributed by atoms with Crippen molar-refractivity contribution < 1.29 is 9.18 Å². The zero-order chi connectivity index (χ0) is 24.9. The fraction of sp³-hybridized carbons (Fsp3) is 0.481. The van der Waals surface area contributed by atoms with Gasteiger partial charge in [0.25, 0.3) is 0 Å². The van der Waals surface area contributed by atoms with Gasteiger partial charge in [-0.2, -0.15) is 5.10 Å². The molecule has 1 unspecified atom stereocenters. The van der Waals surface area contributed by atoms with Gasteiger partial charge in [-0.05, 0) is 82.1 Å². The molecule has 1 atom stereocenters. The van der Waals surface area contributed by atoms with Crippen LogP contribution in [-0.4, -0.2) is 51.7 Å². The maximum atomic E-state index is 13.5. The van der Waals surface area contributed by atoms with E-state index in [1.54, 1.807) is 30.4 Å². The Hall–Kier alpha value is -2.55. The molecule has 188 valence electrons. The molecule has 4 rings (SSSR count). The second-order valence-electron chi connectivity index (χ2n) is 9.79. The van der Waals surface area contributed by atoms with Crippen LogP contribution in [0.5, 0.6) is 0 Å². The van der Waals surface area contributed by atoms with E-state index in [2.05, 4.69) is 46.4 Å². The fourth-order valence-electron chi connectivity index (χ4n) is 5.15. The molecular formula is C27H36FN5OS. The molecule has 1 aromatic carbocycles. The summed E-state index contributed by atoms with van der Waals surface area (Å²) >= 11 is 1.65. The minimum Gasteiger partial charge on any atom is -0.318 e. The summed E-state index contributed by atoms with van der Waals surface area (Å²) in [4.78, 5) is 17.6. The Balaban J connectivity index is 1.41. The van der Waals surface area contributed by atoms with Gasteiger partial charge in [-0.25, -0.2) is 4.39 Å². The van der Waals surface area contributed by atoms with Crippen molar-refractivity contribution in [2.75, 3.05) is 25.5 Å². The van der Waals surface area contributed by atoms with Gasteiger partial charge in [0.1, 0.15) is 5.82 Å². The SMILES string of the molecule is CC(=O)Nc1ccc(CN2CCC(C(Cc3ccc(F)cc3)N(C)Cc3cn(C)nc3C)CC2)s1. The first-order valence-corrected chi connectivity index (χ1v) is 13.1. The van der Waals surface area contributed by atoms with Crippen molar-refractivity contribution in [3.8, 4) is 0 Å². The maximum absolute atomic E-state index is 13.5. The molecule has 1 fully saturated rings. The summed E-state index contributed by atoms with van der Waals surface area (Å²) in [6.07, 6.45) is 5.28. The molecule has 3 heterocycles. The number of anilines is 1. The molecule has 1 saturated heterocycles. The highest BCUT2D eigenvalue weighted by molar-refractivity contribution is 7.16. The van der Waals surface area contributed by atoms with Crippen LogP contribution in [0.25, 0.3) is 0 Å². The van der Waals surface area contributed by atoms with Crippen LogP contribution >= 0.6 is 11.3 Å². The molecule has 1 aliphatic heterocycles. The molecule has 0 bridgehead atoms. The highest BCUT2D eigenvalue weighted by Crippen LogP contribution is 2.30. The average molecular weight is 498 g/mol. The smallest absolute Gasteiger partial charge is 0.221 e. The first kappa shape index (κ1) is 25.5. The molecule has 2 aromatic heterocycles. The van der Waals surface area contributed by atoms with Gasteiger partial charge in [0.15, 0.2) is 0 Å². The lowest BCUT2D eigenvalue weighted by molar-refractivity contribution is -0.114. The second-order valence-corrected chi connectivity index (χ2v) is 11.0. The molecule has 1 N–H and O–H groups in total. The van der Waals surface area contributed by atoms with E-state index in [0.29, 0.717) is 12.0 Å². The first-order chi connectivity index (χ1) is 16.8. The van der Waals surface area contributed by atoms with E-state index in [-0.39, 0.29) is 11.7 Å². The number of rotatable bonds is 9. The number of likely N-dealkylation sites (N-methyl/N-ethyl adjacent to an activating group) is 1. The summed E-state index contributed by atoms with van der Waals surface area (Å²) in [5.41, 5.74) is 3.51. The number of nitrogens with zero attached hydrogens (tertiary/aromatic N) is 4. The van der Waals surface area contributed by atoms with Gasteiger partial charge in [-0.3, -0.25) is 19.3 Å². The van der Waals surface area contributed by atoms with Crippen LogP contribution in [0.15, 0.2) is 42.6 Å². The molecule has 0 saturated carbocycles. The predicted molar refractivity (Wildman–Crippen MR) is 140 cm³/mol. The van der Waals surface area contributed by atoms with Crippen molar-refractivity contribution in [3.05, 3.63) is 70.1 Å². The zero-order valence-electron chi connectivity index (χ0n) is 21.1. The number of hydrogen-bond acceptors (Lipinski definition) is 5. The summed E-state index contributed by atoms with van der Waals surface area (Å²) in [6, 6.07) is 11.4. The molecule has 0 spiro atoms. The largest absolute Gasteiger partial charge is 0.318 e. The minimum absolute atomic E-state index is 0.0305. The monoisotopic (exact) mass is 497 g/mol. The van der Waals surface area contributed by atoms with E-state index in [1.807, 2.05) is 29.9 Å². The molecule has 1 aliphatic rings. The highest BCUT2D eigenvalue weighted by Gasteiger charge is 2.30. The lowest BCUT2D eigenvalue weighted by atomic mass is 9.84. The number of piperidine rings is 1. The number of carbonyl (C=O) groups excluding carboxylic acids is 1. The molecule has 1 amide bonds. The Labute approximate surface area is 211 Å². The summed E-state index contributed by atoms with van der Waals surface area (Å²) in [7, 11) is 4.18. The normalized spacial score (nSPS) is 16.1. The molecule has 0 radical (unpaired) electrons. The zero-order valence-corrected chi connectivity index (χ0v) is 21.9. The lowest BCUT2D eigenvalue weighted by Crippen LogP contribution is -2.44. The number of thiophene rings is 1. The van der Waals surface area contributed by atoms with Crippen molar-refractivity contribution in [2.24, 2.45) is 13.0 Å². The second kappa shape index (κ2) is 11.5. The number of carbonyl (C=O) groups is 1. The number of nitrogens with one attached hydrogen (secondary N) is 1. The molecule has 8 heteroatoms. The highest BCUT2D eigenvalue weighted by atomic mass is 32.1. The number of likely N-dealkylation sites (tertiary alicyclic amines) is 1. The Morgan fingerprint density at radius 2 is 1.94 bits per heavy atom. The van der Waals surface area contributed by atoms with Gasteiger partial charge in [-0.15, -0.1) is 11.3 Å². The summed E-state index contributed by atoms with van der Waals surface area (Å²) in [6.45, 7) is 7.49. The van der Waals surface area contributed by atoms with Gasteiger partial charge < -0.3 is 5.32 Å². The van der Waals surface area contributed by atoms with Crippen LogP contribution in [0.1, 0.15) is 41.5 Å². The third-order valence-corrected chi connectivity index (χ3v) is 7.96. The van der Waals surface area contributed by atoms with Crippen molar-refractivity contribution in [3.63, 3.8) is 0 Å². The molecule has 3 aromatic rings. The maximum Gasteiger partial charge on any atom is 0.221 e. The van der Waals surface area contributed by atoms with Gasteiger partial charge in [0, 0.05) is 49.7 Å². The van der Waals surface area contributed by atoms with Crippen molar-refractivity contribution >= 4 is 22.2 Å². The van der Waals surface area contributed by atoms with Crippen LogP contribution < -0.4 is 5.32 Å². The number of halogens is 1. The topological polar surface area (TPSA) is 53.4 Å². The van der Waals surface area contributed by atoms with Crippen LogP contribution in [0.3, 0.4) is 0 Å². The van der Waals surface area contributed by atoms with Gasteiger partial charge in [0.2, 0.25) is 5.91 Å². The number of aryl methyl sites for hydroxylation is 2. The fourth-order valence-corrected chi connectivity index (χ4v) is 6.15. The van der Waals surface area contributed by atoms with Crippen LogP contribution in [0, 0.1) is 18.7 Å².